The van der Waals surface area contributed by atoms with Crippen molar-refractivity contribution in [1.82, 2.24) is 4.90 Å². The van der Waals surface area contributed by atoms with Gasteiger partial charge in [0.15, 0.2) is 9.84 Å². The molecule has 1 aliphatic rings. The maximum atomic E-state index is 12.9. The van der Waals surface area contributed by atoms with Gasteiger partial charge in [-0.2, -0.15) is 0 Å². The van der Waals surface area contributed by atoms with E-state index in [9.17, 15) is 17.6 Å². The summed E-state index contributed by atoms with van der Waals surface area (Å²) < 4.78 is 42.6. The number of methoxy groups -OCH3 is 1. The van der Waals surface area contributed by atoms with Gasteiger partial charge in [-0.1, -0.05) is 0 Å². The van der Waals surface area contributed by atoms with E-state index in [0.29, 0.717) is 25.9 Å². The lowest BCUT2D eigenvalue weighted by Crippen LogP contribution is -2.43. The molecule has 21 heavy (non-hydrogen) atoms. The van der Waals surface area contributed by atoms with E-state index in [-0.39, 0.29) is 17.4 Å². The normalized spacial score (nSPS) is 17.0. The van der Waals surface area contributed by atoms with Crippen molar-refractivity contribution < 1.29 is 22.3 Å². The van der Waals surface area contributed by atoms with Crippen LogP contribution in [0.15, 0.2) is 29.2 Å². The average molecular weight is 315 g/mol. The van der Waals surface area contributed by atoms with Gasteiger partial charge in [0.2, 0.25) is 5.91 Å². The molecule has 0 atom stereocenters. The maximum absolute atomic E-state index is 12.9. The summed E-state index contributed by atoms with van der Waals surface area (Å²) in [7, 11) is -2.03. The van der Waals surface area contributed by atoms with Crippen LogP contribution in [0, 0.1) is 5.82 Å². The van der Waals surface area contributed by atoms with Crippen molar-refractivity contribution in [3.8, 4) is 0 Å². The number of piperidine rings is 1. The van der Waals surface area contributed by atoms with E-state index < -0.39 is 20.9 Å². The lowest BCUT2D eigenvalue weighted by Gasteiger charge is -2.31. The highest BCUT2D eigenvalue weighted by Gasteiger charge is 2.32. The minimum Gasteiger partial charge on any atom is -0.375 e. The van der Waals surface area contributed by atoms with Gasteiger partial charge in [0.25, 0.3) is 0 Å². The second-order valence-electron chi connectivity index (χ2n) is 5.01. The van der Waals surface area contributed by atoms with Gasteiger partial charge in [-0.25, -0.2) is 12.8 Å². The summed E-state index contributed by atoms with van der Waals surface area (Å²) in [6.45, 7) is 0.802. The average Bonchev–Trinajstić information content (AvgIpc) is 2.48. The van der Waals surface area contributed by atoms with Crippen molar-refractivity contribution in [3.63, 3.8) is 0 Å². The van der Waals surface area contributed by atoms with E-state index in [2.05, 4.69) is 0 Å². The molecule has 0 aliphatic carbocycles. The number of hydrogen-bond acceptors (Lipinski definition) is 4. The van der Waals surface area contributed by atoms with Crippen LogP contribution in [0.4, 0.5) is 4.39 Å². The van der Waals surface area contributed by atoms with Crippen LogP contribution in [-0.4, -0.2) is 51.3 Å². The SMILES string of the molecule is COCC(=O)N1CCC(S(=O)(=O)c2ccc(F)cc2)CC1. The summed E-state index contributed by atoms with van der Waals surface area (Å²) >= 11 is 0. The Morgan fingerprint density at radius 2 is 1.86 bits per heavy atom. The Kier molecular flexibility index (Phi) is 4.95. The molecule has 1 aromatic carbocycles. The second-order valence-corrected chi connectivity index (χ2v) is 7.24. The van der Waals surface area contributed by atoms with Crippen molar-refractivity contribution in [2.24, 2.45) is 0 Å². The number of likely N-dealkylation sites (tertiary alicyclic amines) is 1. The minimum atomic E-state index is -3.48. The molecule has 1 heterocycles. The first-order valence-electron chi connectivity index (χ1n) is 6.71. The van der Waals surface area contributed by atoms with Crippen LogP contribution in [0.1, 0.15) is 12.8 Å². The van der Waals surface area contributed by atoms with Crippen LogP contribution in [0.5, 0.6) is 0 Å². The fraction of sp³-hybridized carbons (Fsp3) is 0.500. The Morgan fingerprint density at radius 1 is 1.29 bits per heavy atom. The molecule has 1 aromatic rings. The Balaban J connectivity index is 2.04. The van der Waals surface area contributed by atoms with Crippen molar-refractivity contribution in [2.75, 3.05) is 26.8 Å². The third-order valence-corrected chi connectivity index (χ3v) is 5.92. The topological polar surface area (TPSA) is 63.7 Å². The van der Waals surface area contributed by atoms with E-state index in [0.717, 1.165) is 12.1 Å². The van der Waals surface area contributed by atoms with E-state index in [1.807, 2.05) is 0 Å². The third kappa shape index (κ3) is 3.59. The number of benzene rings is 1. The van der Waals surface area contributed by atoms with Gasteiger partial charge in [-0.3, -0.25) is 4.79 Å². The monoisotopic (exact) mass is 315 g/mol. The van der Waals surface area contributed by atoms with Gasteiger partial charge in [-0.05, 0) is 37.1 Å². The zero-order valence-electron chi connectivity index (χ0n) is 11.8. The number of hydrogen-bond donors (Lipinski definition) is 0. The molecule has 0 saturated carbocycles. The number of halogens is 1. The summed E-state index contributed by atoms with van der Waals surface area (Å²) in [4.78, 5) is 13.4. The van der Waals surface area contributed by atoms with Crippen LogP contribution in [0.2, 0.25) is 0 Å². The molecule has 0 unspecified atom stereocenters. The van der Waals surface area contributed by atoms with Gasteiger partial charge < -0.3 is 9.64 Å². The van der Waals surface area contributed by atoms with E-state index in [4.69, 9.17) is 4.74 Å². The standard InChI is InChI=1S/C14H18FNO4S/c1-20-10-14(17)16-8-6-13(7-9-16)21(18,19)12-4-2-11(15)3-5-12/h2-5,13H,6-10H2,1H3. The van der Waals surface area contributed by atoms with E-state index >= 15 is 0 Å². The lowest BCUT2D eigenvalue weighted by atomic mass is 10.1. The predicted octanol–water partition coefficient (Wildman–Crippen LogP) is 1.24. The highest BCUT2D eigenvalue weighted by molar-refractivity contribution is 7.92. The lowest BCUT2D eigenvalue weighted by molar-refractivity contribution is -0.135. The first kappa shape index (κ1) is 15.9. The summed E-state index contributed by atoms with van der Waals surface area (Å²) in [5, 5.41) is -0.533. The number of amides is 1. The van der Waals surface area contributed by atoms with E-state index in [1.54, 1.807) is 4.90 Å². The zero-order valence-corrected chi connectivity index (χ0v) is 12.6. The number of nitrogens with zero attached hydrogens (tertiary/aromatic N) is 1. The van der Waals surface area contributed by atoms with Crippen LogP contribution < -0.4 is 0 Å². The molecule has 7 heteroatoms. The molecule has 2 rings (SSSR count). The molecule has 1 saturated heterocycles. The van der Waals surface area contributed by atoms with Crippen LogP contribution >= 0.6 is 0 Å². The Morgan fingerprint density at radius 3 is 2.38 bits per heavy atom. The quantitative estimate of drug-likeness (QED) is 0.784. The molecule has 0 bridgehead atoms. The predicted molar refractivity (Wildman–Crippen MR) is 75.1 cm³/mol. The van der Waals surface area contributed by atoms with Gasteiger partial charge in [0.05, 0.1) is 10.1 Å². The van der Waals surface area contributed by atoms with E-state index in [1.165, 1.54) is 19.2 Å². The first-order chi connectivity index (χ1) is 9.95. The molecule has 1 amide bonds. The molecule has 116 valence electrons. The zero-order chi connectivity index (χ0) is 15.5. The summed E-state index contributed by atoms with van der Waals surface area (Å²) in [6.07, 6.45) is 0.768. The number of carbonyl (C=O) groups is 1. The molecular weight excluding hydrogens is 297 g/mol. The molecular formula is C14H18FNO4S. The highest BCUT2D eigenvalue weighted by atomic mass is 32.2. The van der Waals surface area contributed by atoms with Crippen molar-refractivity contribution >= 4 is 15.7 Å². The fourth-order valence-corrected chi connectivity index (χ4v) is 4.18. The first-order valence-corrected chi connectivity index (χ1v) is 8.26. The largest absolute Gasteiger partial charge is 0.375 e. The van der Waals surface area contributed by atoms with Gasteiger partial charge >= 0.3 is 0 Å². The number of rotatable bonds is 4. The van der Waals surface area contributed by atoms with Crippen molar-refractivity contribution in [1.29, 1.82) is 0 Å². The Hall–Kier alpha value is -1.47. The van der Waals surface area contributed by atoms with Gasteiger partial charge in [-0.15, -0.1) is 0 Å². The second kappa shape index (κ2) is 6.53. The summed E-state index contributed by atoms with van der Waals surface area (Å²) in [6, 6.07) is 4.86. The summed E-state index contributed by atoms with van der Waals surface area (Å²) in [5.41, 5.74) is 0. The van der Waals surface area contributed by atoms with Crippen LogP contribution in [0.25, 0.3) is 0 Å². The van der Waals surface area contributed by atoms with Gasteiger partial charge in [0, 0.05) is 20.2 Å². The highest BCUT2D eigenvalue weighted by Crippen LogP contribution is 2.24. The maximum Gasteiger partial charge on any atom is 0.248 e. The number of sulfone groups is 1. The molecule has 5 nitrogen and oxygen atoms in total. The number of ether oxygens (including phenoxy) is 1. The molecule has 0 N–H and O–H groups in total. The van der Waals surface area contributed by atoms with Gasteiger partial charge in [0.1, 0.15) is 12.4 Å². The smallest absolute Gasteiger partial charge is 0.248 e. The van der Waals surface area contributed by atoms with Crippen LogP contribution in [-0.2, 0) is 19.4 Å². The molecule has 1 aliphatic heterocycles. The Labute approximate surface area is 123 Å². The van der Waals surface area contributed by atoms with Crippen LogP contribution in [0.3, 0.4) is 0 Å². The molecule has 0 radical (unpaired) electrons. The molecule has 0 aromatic heterocycles. The molecule has 1 fully saturated rings. The third-order valence-electron chi connectivity index (χ3n) is 3.64. The number of carbonyl (C=O) groups excluding carboxylic acids is 1. The van der Waals surface area contributed by atoms with Crippen molar-refractivity contribution in [2.45, 2.75) is 23.0 Å². The molecule has 0 spiro atoms. The summed E-state index contributed by atoms with van der Waals surface area (Å²) in [5.74, 6) is -0.593. The fourth-order valence-electron chi connectivity index (χ4n) is 2.45. The van der Waals surface area contributed by atoms with Crippen molar-refractivity contribution in [3.05, 3.63) is 30.1 Å². The minimum absolute atomic E-state index is 0.00930. The Bertz CT molecular complexity index is 592.